The van der Waals surface area contributed by atoms with Crippen LogP contribution >= 0.6 is 11.6 Å². The number of hydrogen-bond acceptors (Lipinski definition) is 4. The quantitative estimate of drug-likeness (QED) is 0.763. The highest BCUT2D eigenvalue weighted by atomic mass is 35.5. The average Bonchev–Trinajstić information content (AvgIpc) is 2.39. The van der Waals surface area contributed by atoms with Crippen LogP contribution in [0.1, 0.15) is 10.4 Å². The lowest BCUT2D eigenvalue weighted by molar-refractivity contribution is 0.0302. The average molecular weight is 289 g/mol. The van der Waals surface area contributed by atoms with E-state index in [1.54, 1.807) is 4.90 Å². The first-order chi connectivity index (χ1) is 8.59. The van der Waals surface area contributed by atoms with Gasteiger partial charge in [-0.1, -0.05) is 11.6 Å². The smallest absolute Gasteiger partial charge is 0.254 e. The number of amides is 1. The van der Waals surface area contributed by atoms with Gasteiger partial charge in [-0.2, -0.15) is 0 Å². The molecule has 0 aliphatic carbocycles. The molecule has 1 aliphatic rings. The molecule has 0 radical (unpaired) electrons. The molecule has 5 nitrogen and oxygen atoms in total. The van der Waals surface area contributed by atoms with Crippen LogP contribution in [0.4, 0.5) is 0 Å². The summed E-state index contributed by atoms with van der Waals surface area (Å²) in [6.45, 7) is 2.02. The maximum atomic E-state index is 12.1. The molecule has 0 saturated carbocycles. The molecule has 1 aromatic rings. The Morgan fingerprint density at radius 1 is 1.39 bits per heavy atom. The Hall–Kier alpha value is -0.950. The van der Waals surface area contributed by atoms with Gasteiger partial charge in [0.25, 0.3) is 5.91 Å². The number of ether oxygens (including phenoxy) is 1. The van der Waals surface area contributed by atoms with Gasteiger partial charge in [0.1, 0.15) is 0 Å². The second-order valence-corrected chi connectivity index (χ2v) is 5.10. The van der Waals surface area contributed by atoms with E-state index < -0.39 is 11.1 Å². The lowest BCUT2D eigenvalue weighted by Gasteiger charge is -2.27. The molecule has 98 valence electrons. The third-order valence-electron chi connectivity index (χ3n) is 2.66. The van der Waals surface area contributed by atoms with Crippen molar-refractivity contribution in [3.63, 3.8) is 0 Å². The van der Waals surface area contributed by atoms with E-state index >= 15 is 0 Å². The van der Waals surface area contributed by atoms with Crippen LogP contribution in [0.3, 0.4) is 0 Å². The lowest BCUT2D eigenvalue weighted by Crippen LogP contribution is -2.40. The maximum absolute atomic E-state index is 12.1. The van der Waals surface area contributed by atoms with Crippen LogP contribution in [0.2, 0.25) is 5.02 Å². The molecule has 0 spiro atoms. The van der Waals surface area contributed by atoms with Gasteiger partial charge in [0.2, 0.25) is 0 Å². The first-order valence-electron chi connectivity index (χ1n) is 5.35. The van der Waals surface area contributed by atoms with Gasteiger partial charge in [0.15, 0.2) is 0 Å². The Labute approximate surface area is 112 Å². The van der Waals surface area contributed by atoms with Crippen molar-refractivity contribution in [1.29, 1.82) is 0 Å². The van der Waals surface area contributed by atoms with E-state index in [9.17, 15) is 13.6 Å². The molecule has 1 aliphatic heterocycles. The predicted molar refractivity (Wildman–Crippen MR) is 65.4 cm³/mol. The molecular formula is C11H11ClNO4S-. The summed E-state index contributed by atoms with van der Waals surface area (Å²) in [7, 11) is 0. The van der Waals surface area contributed by atoms with Crippen molar-refractivity contribution in [2.75, 3.05) is 26.3 Å². The van der Waals surface area contributed by atoms with Crippen LogP contribution in [0.15, 0.2) is 23.1 Å². The van der Waals surface area contributed by atoms with Gasteiger partial charge in [0, 0.05) is 23.5 Å². The zero-order valence-corrected chi connectivity index (χ0v) is 11.0. The van der Waals surface area contributed by atoms with Crippen molar-refractivity contribution < 1.29 is 18.3 Å². The summed E-state index contributed by atoms with van der Waals surface area (Å²) in [6, 6.07) is 4.24. The summed E-state index contributed by atoms with van der Waals surface area (Å²) < 4.78 is 27.0. The number of carbonyl (C=O) groups excluding carboxylic acids is 1. The van der Waals surface area contributed by atoms with Crippen molar-refractivity contribution in [1.82, 2.24) is 4.90 Å². The SMILES string of the molecule is O=C(c1ccc(Cl)c(S(=O)[O-])c1)N1CCOCC1. The molecule has 1 aromatic carbocycles. The van der Waals surface area contributed by atoms with Gasteiger partial charge in [-0.3, -0.25) is 9.00 Å². The molecule has 1 amide bonds. The molecule has 0 N–H and O–H groups in total. The van der Waals surface area contributed by atoms with Crippen molar-refractivity contribution in [3.05, 3.63) is 28.8 Å². The largest absolute Gasteiger partial charge is 0.768 e. The van der Waals surface area contributed by atoms with E-state index in [4.69, 9.17) is 16.3 Å². The third-order valence-corrected chi connectivity index (χ3v) is 3.79. The predicted octanol–water partition coefficient (Wildman–Crippen LogP) is 1.05. The van der Waals surface area contributed by atoms with E-state index in [2.05, 4.69) is 0 Å². The highest BCUT2D eigenvalue weighted by Crippen LogP contribution is 2.21. The molecule has 2 rings (SSSR count). The molecule has 18 heavy (non-hydrogen) atoms. The Morgan fingerprint density at radius 3 is 2.67 bits per heavy atom. The summed E-state index contributed by atoms with van der Waals surface area (Å²) >= 11 is 3.29. The van der Waals surface area contributed by atoms with E-state index in [1.807, 2.05) is 0 Å². The van der Waals surface area contributed by atoms with Crippen LogP contribution < -0.4 is 0 Å². The summed E-state index contributed by atoms with van der Waals surface area (Å²) in [6.07, 6.45) is 0. The van der Waals surface area contributed by atoms with E-state index in [-0.39, 0.29) is 15.8 Å². The van der Waals surface area contributed by atoms with Gasteiger partial charge < -0.3 is 14.2 Å². The zero-order chi connectivity index (χ0) is 13.1. The molecule has 7 heteroatoms. The molecule has 1 heterocycles. The molecule has 1 fully saturated rings. The van der Waals surface area contributed by atoms with Gasteiger partial charge in [0.05, 0.1) is 18.2 Å². The Kier molecular flexibility index (Phi) is 4.34. The van der Waals surface area contributed by atoms with Crippen LogP contribution in [0, 0.1) is 0 Å². The fourth-order valence-corrected chi connectivity index (χ4v) is 2.47. The highest BCUT2D eigenvalue weighted by Gasteiger charge is 2.19. The number of morpholine rings is 1. The maximum Gasteiger partial charge on any atom is 0.254 e. The summed E-state index contributed by atoms with van der Waals surface area (Å²) in [5, 5.41) is 0.113. The molecule has 0 bridgehead atoms. The Bertz CT molecular complexity index is 488. The minimum Gasteiger partial charge on any atom is -0.768 e. The normalized spacial score (nSPS) is 17.6. The third kappa shape index (κ3) is 2.89. The van der Waals surface area contributed by atoms with Gasteiger partial charge in [-0.25, -0.2) is 0 Å². The number of halogens is 1. The van der Waals surface area contributed by atoms with Crippen LogP contribution in [-0.2, 0) is 15.8 Å². The van der Waals surface area contributed by atoms with Crippen LogP contribution in [0.5, 0.6) is 0 Å². The van der Waals surface area contributed by atoms with Crippen molar-refractivity contribution in [2.24, 2.45) is 0 Å². The fraction of sp³-hybridized carbons (Fsp3) is 0.364. The summed E-state index contributed by atoms with van der Waals surface area (Å²) in [5.74, 6) is -0.207. The first-order valence-corrected chi connectivity index (χ1v) is 6.80. The van der Waals surface area contributed by atoms with Crippen LogP contribution in [-0.4, -0.2) is 45.9 Å². The first kappa shape index (κ1) is 13.5. The summed E-state index contributed by atoms with van der Waals surface area (Å²) in [5.41, 5.74) is 0.320. The van der Waals surface area contributed by atoms with Crippen LogP contribution in [0.25, 0.3) is 0 Å². The van der Waals surface area contributed by atoms with E-state index in [1.165, 1.54) is 18.2 Å². The number of nitrogens with zero attached hydrogens (tertiary/aromatic N) is 1. The Morgan fingerprint density at radius 2 is 2.06 bits per heavy atom. The molecule has 1 saturated heterocycles. The number of carbonyl (C=O) groups is 1. The molecule has 1 unspecified atom stereocenters. The molecule has 0 aromatic heterocycles. The fourth-order valence-electron chi connectivity index (χ4n) is 1.71. The van der Waals surface area contributed by atoms with E-state index in [0.717, 1.165) is 0 Å². The van der Waals surface area contributed by atoms with Crippen molar-refractivity contribution in [3.8, 4) is 0 Å². The number of benzene rings is 1. The summed E-state index contributed by atoms with van der Waals surface area (Å²) in [4.78, 5) is 13.7. The lowest BCUT2D eigenvalue weighted by atomic mass is 10.2. The van der Waals surface area contributed by atoms with Gasteiger partial charge >= 0.3 is 0 Å². The minimum atomic E-state index is -2.45. The number of rotatable bonds is 2. The topological polar surface area (TPSA) is 69.7 Å². The second-order valence-electron chi connectivity index (χ2n) is 3.78. The molecule has 1 atom stereocenters. The van der Waals surface area contributed by atoms with Crippen molar-refractivity contribution >= 4 is 28.6 Å². The molecular weight excluding hydrogens is 278 g/mol. The standard InChI is InChI=1S/C11H12ClNO4S/c12-9-2-1-8(7-10(9)18(15)16)11(14)13-3-5-17-6-4-13/h1-2,7H,3-6H2,(H,15,16)/p-1. The monoisotopic (exact) mass is 288 g/mol. The van der Waals surface area contributed by atoms with E-state index in [0.29, 0.717) is 31.9 Å². The highest BCUT2D eigenvalue weighted by molar-refractivity contribution is 7.79. The van der Waals surface area contributed by atoms with Crippen molar-refractivity contribution in [2.45, 2.75) is 4.90 Å². The second kappa shape index (κ2) is 5.79. The number of hydrogen-bond donors (Lipinski definition) is 0. The zero-order valence-electron chi connectivity index (χ0n) is 9.43. The van der Waals surface area contributed by atoms with Gasteiger partial charge in [-0.15, -0.1) is 0 Å². The van der Waals surface area contributed by atoms with Gasteiger partial charge in [-0.05, 0) is 29.3 Å². The minimum absolute atomic E-state index is 0.0595. The Balaban J connectivity index is 2.24.